The Balaban J connectivity index is 1.67. The van der Waals surface area contributed by atoms with Crippen molar-refractivity contribution < 1.29 is 8.78 Å². The van der Waals surface area contributed by atoms with Crippen molar-refractivity contribution in [3.63, 3.8) is 0 Å². The molecule has 9 heteroatoms. The van der Waals surface area contributed by atoms with Crippen molar-refractivity contribution in [2.75, 3.05) is 5.32 Å². The predicted octanol–water partition coefficient (Wildman–Crippen LogP) is 4.14. The van der Waals surface area contributed by atoms with Gasteiger partial charge in [0.25, 0.3) is 0 Å². The Morgan fingerprint density at radius 3 is 2.72 bits per heavy atom. The van der Waals surface area contributed by atoms with Crippen LogP contribution >= 0.6 is 0 Å². The molecule has 0 fully saturated rings. The minimum absolute atomic E-state index is 0.105. The van der Waals surface area contributed by atoms with Crippen molar-refractivity contribution in [3.05, 3.63) is 72.6 Å². The summed E-state index contributed by atoms with van der Waals surface area (Å²) in [5.74, 6) is -0.310. The molecule has 5 aromatic rings. The van der Waals surface area contributed by atoms with Gasteiger partial charge in [0.15, 0.2) is 17.3 Å². The van der Waals surface area contributed by atoms with Crippen molar-refractivity contribution in [2.24, 2.45) is 0 Å². The van der Waals surface area contributed by atoms with Crippen LogP contribution in [0.4, 0.5) is 14.6 Å². The molecular formula is C20H15F2N7. The molecule has 0 spiro atoms. The molecule has 2 aromatic carbocycles. The molecule has 2 N–H and O–H groups in total. The smallest absolute Gasteiger partial charge is 0.182 e. The fourth-order valence-corrected chi connectivity index (χ4v) is 3.40. The van der Waals surface area contributed by atoms with Gasteiger partial charge >= 0.3 is 0 Å². The van der Waals surface area contributed by atoms with E-state index in [4.69, 9.17) is 0 Å². The highest BCUT2D eigenvalue weighted by molar-refractivity contribution is 5.82. The summed E-state index contributed by atoms with van der Waals surface area (Å²) in [7, 11) is 0. The topological polar surface area (TPSA) is 84.3 Å². The molecule has 29 heavy (non-hydrogen) atoms. The molecule has 0 aliphatic carbocycles. The first-order chi connectivity index (χ1) is 14.1. The standard InChI is InChI=1S/C20H15F2N7/c1-11(27-19-17-18(24-9-23-17)25-10-26-19)20-28-16-14(22)7-12(21)8-15(16)29(20)13-5-3-2-4-6-13/h2-11H,1H3,(H2,23,24,25,26,27). The number of halogens is 2. The molecule has 0 bridgehead atoms. The second kappa shape index (κ2) is 6.62. The molecule has 3 aromatic heterocycles. The van der Waals surface area contributed by atoms with E-state index < -0.39 is 11.6 Å². The summed E-state index contributed by atoms with van der Waals surface area (Å²) in [6, 6.07) is 11.1. The van der Waals surface area contributed by atoms with E-state index in [0.717, 1.165) is 11.8 Å². The molecule has 0 saturated heterocycles. The van der Waals surface area contributed by atoms with Crippen LogP contribution in [0.25, 0.3) is 27.9 Å². The number of hydrogen-bond donors (Lipinski definition) is 2. The highest BCUT2D eigenvalue weighted by atomic mass is 19.1. The zero-order valence-electron chi connectivity index (χ0n) is 15.3. The number of hydrogen-bond acceptors (Lipinski definition) is 5. The van der Waals surface area contributed by atoms with Crippen LogP contribution in [0.2, 0.25) is 0 Å². The van der Waals surface area contributed by atoms with Gasteiger partial charge < -0.3 is 10.3 Å². The van der Waals surface area contributed by atoms with E-state index in [9.17, 15) is 8.78 Å². The normalized spacial score (nSPS) is 12.5. The quantitative estimate of drug-likeness (QED) is 0.481. The summed E-state index contributed by atoms with van der Waals surface area (Å²) in [6.45, 7) is 1.87. The molecular weight excluding hydrogens is 376 g/mol. The van der Waals surface area contributed by atoms with Gasteiger partial charge in [-0.2, -0.15) is 0 Å². The number of H-pyrrole nitrogens is 1. The fraction of sp³-hybridized carbons (Fsp3) is 0.100. The van der Waals surface area contributed by atoms with Gasteiger partial charge in [-0.05, 0) is 19.1 Å². The van der Waals surface area contributed by atoms with Crippen LogP contribution in [-0.4, -0.2) is 29.5 Å². The highest BCUT2D eigenvalue weighted by Gasteiger charge is 2.22. The van der Waals surface area contributed by atoms with E-state index in [1.54, 1.807) is 4.57 Å². The van der Waals surface area contributed by atoms with Gasteiger partial charge in [-0.1, -0.05) is 18.2 Å². The van der Waals surface area contributed by atoms with Crippen molar-refractivity contribution in [1.82, 2.24) is 29.5 Å². The number of benzene rings is 2. The summed E-state index contributed by atoms with van der Waals surface area (Å²) >= 11 is 0. The van der Waals surface area contributed by atoms with Gasteiger partial charge in [0.2, 0.25) is 0 Å². The minimum atomic E-state index is -0.707. The van der Waals surface area contributed by atoms with Gasteiger partial charge in [0.1, 0.15) is 29.0 Å². The number of rotatable bonds is 4. The van der Waals surface area contributed by atoms with Crippen molar-refractivity contribution >= 4 is 28.0 Å². The van der Waals surface area contributed by atoms with Crippen LogP contribution in [0.15, 0.2) is 55.1 Å². The SMILES string of the molecule is CC(Nc1ncnc2nc[nH]c12)c1nc2c(F)cc(F)cc2n1-c1ccccc1. The zero-order chi connectivity index (χ0) is 20.0. The van der Waals surface area contributed by atoms with E-state index in [-0.39, 0.29) is 11.6 Å². The molecule has 1 unspecified atom stereocenters. The molecule has 0 amide bonds. The number of imidazole rings is 2. The highest BCUT2D eigenvalue weighted by Crippen LogP contribution is 2.29. The number of aromatic nitrogens is 6. The Labute approximate surface area is 163 Å². The number of nitrogens with zero attached hydrogens (tertiary/aromatic N) is 5. The average molecular weight is 391 g/mol. The Morgan fingerprint density at radius 2 is 1.90 bits per heavy atom. The summed E-state index contributed by atoms with van der Waals surface area (Å²) in [6.07, 6.45) is 2.94. The first-order valence-corrected chi connectivity index (χ1v) is 8.95. The summed E-state index contributed by atoms with van der Waals surface area (Å²) in [5, 5.41) is 3.27. The molecule has 0 aliphatic rings. The Bertz CT molecular complexity index is 1330. The van der Waals surface area contributed by atoms with Crippen LogP contribution in [0.3, 0.4) is 0 Å². The minimum Gasteiger partial charge on any atom is -0.358 e. The van der Waals surface area contributed by atoms with Crippen molar-refractivity contribution in [2.45, 2.75) is 13.0 Å². The monoisotopic (exact) mass is 391 g/mol. The number of aromatic amines is 1. The lowest BCUT2D eigenvalue weighted by molar-refractivity contribution is 0.590. The van der Waals surface area contributed by atoms with Gasteiger partial charge in [-0.15, -0.1) is 0 Å². The lowest BCUT2D eigenvalue weighted by Gasteiger charge is -2.17. The molecule has 144 valence electrons. The Morgan fingerprint density at radius 1 is 1.07 bits per heavy atom. The number of nitrogens with one attached hydrogen (secondary N) is 2. The van der Waals surface area contributed by atoms with E-state index in [0.29, 0.717) is 28.3 Å². The third-order valence-electron chi connectivity index (χ3n) is 4.68. The van der Waals surface area contributed by atoms with Gasteiger partial charge in [-0.25, -0.2) is 28.7 Å². The molecule has 7 nitrogen and oxygen atoms in total. The molecule has 0 radical (unpaired) electrons. The maximum absolute atomic E-state index is 14.4. The summed E-state index contributed by atoms with van der Waals surface area (Å²) < 4.78 is 30.1. The van der Waals surface area contributed by atoms with Gasteiger partial charge in [0, 0.05) is 17.8 Å². The summed E-state index contributed by atoms with van der Waals surface area (Å²) in [5.41, 5.74) is 2.39. The number of para-hydroxylation sites is 1. The third-order valence-corrected chi connectivity index (χ3v) is 4.68. The zero-order valence-corrected chi connectivity index (χ0v) is 15.3. The lowest BCUT2D eigenvalue weighted by atomic mass is 10.2. The first kappa shape index (κ1) is 17.2. The van der Waals surface area contributed by atoms with Crippen LogP contribution in [0.5, 0.6) is 0 Å². The average Bonchev–Trinajstić information content (AvgIpc) is 3.34. The van der Waals surface area contributed by atoms with Crippen LogP contribution in [0.1, 0.15) is 18.8 Å². The fourth-order valence-electron chi connectivity index (χ4n) is 3.40. The maximum atomic E-state index is 14.4. The summed E-state index contributed by atoms with van der Waals surface area (Å²) in [4.78, 5) is 20.0. The molecule has 5 rings (SSSR count). The Kier molecular flexibility index (Phi) is 3.94. The van der Waals surface area contributed by atoms with Gasteiger partial charge in [0.05, 0.1) is 17.9 Å². The predicted molar refractivity (Wildman–Crippen MR) is 105 cm³/mol. The van der Waals surface area contributed by atoms with E-state index >= 15 is 0 Å². The first-order valence-electron chi connectivity index (χ1n) is 8.95. The maximum Gasteiger partial charge on any atom is 0.182 e. The Hall–Kier alpha value is -3.88. The lowest BCUT2D eigenvalue weighted by Crippen LogP contribution is -2.14. The second-order valence-corrected chi connectivity index (χ2v) is 6.59. The number of anilines is 1. The number of fused-ring (bicyclic) bond motifs is 2. The molecule has 3 heterocycles. The second-order valence-electron chi connectivity index (χ2n) is 6.59. The van der Waals surface area contributed by atoms with Crippen LogP contribution in [-0.2, 0) is 0 Å². The third kappa shape index (κ3) is 2.87. The molecule has 0 aliphatic heterocycles. The van der Waals surface area contributed by atoms with Crippen molar-refractivity contribution in [1.29, 1.82) is 0 Å². The van der Waals surface area contributed by atoms with E-state index in [1.807, 2.05) is 37.3 Å². The van der Waals surface area contributed by atoms with Crippen LogP contribution in [0, 0.1) is 11.6 Å². The van der Waals surface area contributed by atoms with E-state index in [1.165, 1.54) is 18.7 Å². The van der Waals surface area contributed by atoms with Crippen LogP contribution < -0.4 is 5.32 Å². The largest absolute Gasteiger partial charge is 0.358 e. The molecule has 0 saturated carbocycles. The molecule has 1 atom stereocenters. The van der Waals surface area contributed by atoms with E-state index in [2.05, 4.69) is 30.2 Å². The van der Waals surface area contributed by atoms with Crippen molar-refractivity contribution in [3.8, 4) is 5.69 Å². The van der Waals surface area contributed by atoms with Gasteiger partial charge in [-0.3, -0.25) is 4.57 Å².